The maximum Gasteiger partial charge on any atom is 0.398 e. The summed E-state index contributed by atoms with van der Waals surface area (Å²) >= 11 is 0. The number of benzene rings is 1. The summed E-state index contributed by atoms with van der Waals surface area (Å²) in [6.45, 7) is 1.12. The Morgan fingerprint density at radius 2 is 2.00 bits per heavy atom. The maximum atomic E-state index is 11.1. The second kappa shape index (κ2) is 3.69. The molecule has 1 aromatic heterocycles. The quantitative estimate of drug-likeness (QED) is 0.761. The molecule has 0 atom stereocenters. The van der Waals surface area contributed by atoms with E-state index in [1.54, 1.807) is 24.3 Å². The lowest BCUT2D eigenvalue weighted by atomic mass is 10.2. The predicted molar refractivity (Wildman–Crippen MR) is 55.9 cm³/mol. The summed E-state index contributed by atoms with van der Waals surface area (Å²) in [7, 11) is 0. The highest BCUT2D eigenvalue weighted by atomic mass is 16.7. The van der Waals surface area contributed by atoms with Crippen LogP contribution in [-0.4, -0.2) is 21.6 Å². The monoisotopic (exact) mass is 219 g/mol. The third kappa shape index (κ3) is 1.63. The second-order valence-electron chi connectivity index (χ2n) is 3.29. The molecule has 0 spiro atoms. The number of hydrogen-bond donors (Lipinski definition) is 1. The molecule has 1 N–H and O–H groups in total. The number of nitrogens with zero attached hydrogens (tertiary/aromatic N) is 1. The number of Topliss-reactive ketones (excluding diaryl/α,β-unsaturated/α-hetero) is 1. The Morgan fingerprint density at radius 1 is 1.31 bits per heavy atom. The minimum atomic E-state index is -0.972. The standard InChI is InChI=1S/C11H9NO4/c1-7(13)11(15)16-12-6-10(14)8-4-2-3-5-9(8)12/h2-6,14H,1H3. The van der Waals surface area contributed by atoms with Gasteiger partial charge in [0, 0.05) is 12.3 Å². The molecular weight excluding hydrogens is 210 g/mol. The molecule has 0 saturated carbocycles. The number of fused-ring (bicyclic) bond motifs is 1. The van der Waals surface area contributed by atoms with Gasteiger partial charge in [-0.2, -0.15) is 4.73 Å². The Hall–Kier alpha value is -2.30. The molecule has 82 valence electrons. The van der Waals surface area contributed by atoms with E-state index < -0.39 is 11.8 Å². The summed E-state index contributed by atoms with van der Waals surface area (Å²) in [5, 5.41) is 10.1. The second-order valence-corrected chi connectivity index (χ2v) is 3.29. The number of rotatable bonds is 2. The summed E-state index contributed by atoms with van der Waals surface area (Å²) < 4.78 is 1.08. The summed E-state index contributed by atoms with van der Waals surface area (Å²) in [6.07, 6.45) is 1.24. The highest BCUT2D eigenvalue weighted by molar-refractivity contribution is 6.32. The Labute approximate surface area is 90.8 Å². The Balaban J connectivity index is 2.46. The van der Waals surface area contributed by atoms with Gasteiger partial charge in [0.05, 0.1) is 11.7 Å². The van der Waals surface area contributed by atoms with Crippen molar-refractivity contribution in [3.8, 4) is 5.75 Å². The number of carbonyl (C=O) groups excluding carboxylic acids is 2. The first-order valence-electron chi connectivity index (χ1n) is 4.62. The fourth-order valence-electron chi connectivity index (χ4n) is 1.36. The van der Waals surface area contributed by atoms with E-state index in [4.69, 9.17) is 4.84 Å². The van der Waals surface area contributed by atoms with Crippen molar-refractivity contribution in [2.45, 2.75) is 6.92 Å². The van der Waals surface area contributed by atoms with Gasteiger partial charge in [-0.15, -0.1) is 0 Å². The summed E-state index contributed by atoms with van der Waals surface area (Å²) in [5.74, 6) is -1.68. The Morgan fingerprint density at radius 3 is 2.69 bits per heavy atom. The topological polar surface area (TPSA) is 68.5 Å². The van der Waals surface area contributed by atoms with Gasteiger partial charge >= 0.3 is 5.97 Å². The van der Waals surface area contributed by atoms with E-state index in [0.29, 0.717) is 10.9 Å². The van der Waals surface area contributed by atoms with Crippen molar-refractivity contribution in [1.29, 1.82) is 0 Å². The lowest BCUT2D eigenvalue weighted by molar-refractivity contribution is -0.152. The molecule has 0 amide bonds. The minimum absolute atomic E-state index is 0.00745. The van der Waals surface area contributed by atoms with Crippen LogP contribution in [0, 0.1) is 0 Å². The van der Waals surface area contributed by atoms with Gasteiger partial charge in [-0.25, -0.2) is 4.79 Å². The van der Waals surface area contributed by atoms with Gasteiger partial charge in [-0.05, 0) is 12.1 Å². The van der Waals surface area contributed by atoms with Crippen molar-refractivity contribution in [2.75, 3.05) is 0 Å². The molecule has 0 fully saturated rings. The van der Waals surface area contributed by atoms with Crippen LogP contribution in [0.2, 0.25) is 0 Å². The highest BCUT2D eigenvalue weighted by Crippen LogP contribution is 2.25. The van der Waals surface area contributed by atoms with Crippen LogP contribution in [0.5, 0.6) is 5.75 Å². The molecule has 0 aliphatic rings. The van der Waals surface area contributed by atoms with Crippen LogP contribution >= 0.6 is 0 Å². The van der Waals surface area contributed by atoms with Crippen LogP contribution in [0.4, 0.5) is 0 Å². The number of hydrogen-bond acceptors (Lipinski definition) is 4. The molecule has 0 aliphatic carbocycles. The number of ketones is 1. The molecule has 1 aromatic carbocycles. The van der Waals surface area contributed by atoms with Gasteiger partial charge in [0.1, 0.15) is 5.75 Å². The largest absolute Gasteiger partial charge is 0.506 e. The average molecular weight is 219 g/mol. The fraction of sp³-hybridized carbons (Fsp3) is 0.0909. The third-order valence-electron chi connectivity index (χ3n) is 2.13. The minimum Gasteiger partial charge on any atom is -0.506 e. The zero-order valence-electron chi connectivity index (χ0n) is 8.51. The molecule has 1 heterocycles. The molecule has 0 saturated heterocycles. The molecule has 2 rings (SSSR count). The summed E-state index contributed by atoms with van der Waals surface area (Å²) in [5.41, 5.74) is 0.523. The van der Waals surface area contributed by atoms with Gasteiger partial charge in [-0.3, -0.25) is 4.79 Å². The van der Waals surface area contributed by atoms with Crippen LogP contribution in [0.25, 0.3) is 10.9 Å². The predicted octanol–water partition coefficient (Wildman–Crippen LogP) is 0.891. The molecule has 0 unspecified atom stereocenters. The van der Waals surface area contributed by atoms with Crippen molar-refractivity contribution in [2.24, 2.45) is 0 Å². The van der Waals surface area contributed by atoms with Crippen molar-refractivity contribution >= 4 is 22.7 Å². The zero-order chi connectivity index (χ0) is 11.7. The molecule has 16 heavy (non-hydrogen) atoms. The Kier molecular flexibility index (Phi) is 2.36. The van der Waals surface area contributed by atoms with Crippen molar-refractivity contribution in [3.05, 3.63) is 30.5 Å². The van der Waals surface area contributed by atoms with E-state index in [2.05, 4.69) is 0 Å². The van der Waals surface area contributed by atoms with E-state index >= 15 is 0 Å². The molecule has 0 radical (unpaired) electrons. The van der Waals surface area contributed by atoms with E-state index in [0.717, 1.165) is 11.7 Å². The molecule has 2 aromatic rings. The number of para-hydroxylation sites is 1. The van der Waals surface area contributed by atoms with E-state index in [1.807, 2.05) is 0 Å². The molecule has 0 aliphatic heterocycles. The number of aromatic nitrogens is 1. The van der Waals surface area contributed by atoms with Gasteiger partial charge in [0.2, 0.25) is 5.78 Å². The summed E-state index contributed by atoms with van der Waals surface area (Å²) in [4.78, 5) is 26.6. The van der Waals surface area contributed by atoms with Crippen LogP contribution in [0.1, 0.15) is 6.92 Å². The summed E-state index contributed by atoms with van der Waals surface area (Å²) in [6, 6.07) is 6.84. The van der Waals surface area contributed by atoms with Crippen molar-refractivity contribution in [1.82, 2.24) is 4.73 Å². The molecule has 0 bridgehead atoms. The van der Waals surface area contributed by atoms with E-state index in [1.165, 1.54) is 6.20 Å². The van der Waals surface area contributed by atoms with Crippen LogP contribution in [0.3, 0.4) is 0 Å². The van der Waals surface area contributed by atoms with Gasteiger partial charge in [0.15, 0.2) is 0 Å². The van der Waals surface area contributed by atoms with Crippen molar-refractivity contribution < 1.29 is 19.5 Å². The third-order valence-corrected chi connectivity index (χ3v) is 2.13. The van der Waals surface area contributed by atoms with E-state index in [-0.39, 0.29) is 5.75 Å². The van der Waals surface area contributed by atoms with Gasteiger partial charge in [-0.1, -0.05) is 12.1 Å². The molecule has 5 heteroatoms. The first kappa shape index (κ1) is 10.2. The van der Waals surface area contributed by atoms with E-state index in [9.17, 15) is 14.7 Å². The lowest BCUT2D eigenvalue weighted by Gasteiger charge is -2.02. The average Bonchev–Trinajstić information content (AvgIpc) is 2.57. The maximum absolute atomic E-state index is 11.1. The lowest BCUT2D eigenvalue weighted by Crippen LogP contribution is -2.24. The normalized spacial score (nSPS) is 10.3. The van der Waals surface area contributed by atoms with Gasteiger partial charge in [0.25, 0.3) is 0 Å². The molecular formula is C11H9NO4. The highest BCUT2D eigenvalue weighted by Gasteiger charge is 2.14. The zero-order valence-corrected chi connectivity index (χ0v) is 8.51. The van der Waals surface area contributed by atoms with Crippen LogP contribution in [0.15, 0.2) is 30.5 Å². The van der Waals surface area contributed by atoms with Crippen molar-refractivity contribution in [3.63, 3.8) is 0 Å². The van der Waals surface area contributed by atoms with Gasteiger partial charge < -0.3 is 9.94 Å². The number of aromatic hydroxyl groups is 1. The number of carbonyl (C=O) groups is 2. The van der Waals surface area contributed by atoms with Crippen LogP contribution < -0.4 is 4.84 Å². The smallest absolute Gasteiger partial charge is 0.398 e. The SMILES string of the molecule is CC(=O)C(=O)On1cc(O)c2ccccc21. The fourth-order valence-corrected chi connectivity index (χ4v) is 1.36. The molecule has 5 nitrogen and oxygen atoms in total. The Bertz CT molecular complexity index is 570. The first-order chi connectivity index (χ1) is 7.59. The first-order valence-corrected chi connectivity index (χ1v) is 4.62. The van der Waals surface area contributed by atoms with Crippen LogP contribution in [-0.2, 0) is 9.59 Å².